The van der Waals surface area contributed by atoms with E-state index in [0.29, 0.717) is 12.2 Å². The molecule has 116 valence electrons. The molecule has 0 saturated carbocycles. The SMILES string of the molecule is CCCCCCC1(C)NC(=O)N(Cc2cc(C)no2)C1=O. The summed E-state index contributed by atoms with van der Waals surface area (Å²) in [5.41, 5.74) is -0.0562. The van der Waals surface area contributed by atoms with Gasteiger partial charge >= 0.3 is 6.03 Å². The van der Waals surface area contributed by atoms with Crippen LogP contribution >= 0.6 is 0 Å². The summed E-state index contributed by atoms with van der Waals surface area (Å²) < 4.78 is 5.08. The highest BCUT2D eigenvalue weighted by Crippen LogP contribution is 2.25. The number of nitrogens with zero attached hydrogens (tertiary/aromatic N) is 2. The van der Waals surface area contributed by atoms with E-state index in [-0.39, 0.29) is 18.5 Å². The number of amides is 3. The van der Waals surface area contributed by atoms with Crippen LogP contribution in [-0.4, -0.2) is 27.5 Å². The van der Waals surface area contributed by atoms with Gasteiger partial charge in [-0.05, 0) is 20.3 Å². The summed E-state index contributed by atoms with van der Waals surface area (Å²) in [5.74, 6) is 0.337. The third-order valence-corrected chi connectivity index (χ3v) is 3.87. The molecule has 1 atom stereocenters. The molecule has 1 aromatic heterocycles. The molecule has 1 aromatic rings. The van der Waals surface area contributed by atoms with Gasteiger partial charge in [0.15, 0.2) is 5.76 Å². The molecule has 3 amide bonds. The van der Waals surface area contributed by atoms with Crippen LogP contribution in [0.2, 0.25) is 0 Å². The molecule has 21 heavy (non-hydrogen) atoms. The van der Waals surface area contributed by atoms with E-state index in [1.165, 1.54) is 4.90 Å². The van der Waals surface area contributed by atoms with Gasteiger partial charge in [0.2, 0.25) is 0 Å². The van der Waals surface area contributed by atoms with E-state index in [2.05, 4.69) is 17.4 Å². The number of nitrogens with one attached hydrogen (secondary N) is 1. The topological polar surface area (TPSA) is 75.4 Å². The van der Waals surface area contributed by atoms with Gasteiger partial charge in [0.25, 0.3) is 5.91 Å². The molecule has 1 unspecified atom stereocenters. The highest BCUT2D eigenvalue weighted by Gasteiger charge is 2.47. The zero-order chi connectivity index (χ0) is 15.5. The van der Waals surface area contributed by atoms with Gasteiger partial charge in [0.05, 0.1) is 12.2 Å². The second-order valence-corrected chi connectivity index (χ2v) is 5.90. The fraction of sp³-hybridized carbons (Fsp3) is 0.667. The van der Waals surface area contributed by atoms with Gasteiger partial charge < -0.3 is 9.84 Å². The minimum atomic E-state index is -0.792. The third kappa shape index (κ3) is 3.43. The quantitative estimate of drug-likeness (QED) is 0.619. The number of hydrogen-bond acceptors (Lipinski definition) is 4. The number of rotatable bonds is 7. The molecule has 2 heterocycles. The second kappa shape index (κ2) is 6.28. The van der Waals surface area contributed by atoms with Crippen LogP contribution in [-0.2, 0) is 11.3 Å². The van der Waals surface area contributed by atoms with E-state index in [0.717, 1.165) is 31.4 Å². The largest absolute Gasteiger partial charge is 0.359 e. The fourth-order valence-electron chi connectivity index (χ4n) is 2.61. The van der Waals surface area contributed by atoms with Crippen molar-refractivity contribution in [3.05, 3.63) is 17.5 Å². The summed E-state index contributed by atoms with van der Waals surface area (Å²) in [6.07, 6.45) is 4.99. The molecule has 1 aliphatic rings. The van der Waals surface area contributed by atoms with Gasteiger partial charge in [-0.3, -0.25) is 9.69 Å². The number of aromatic nitrogens is 1. The first-order chi connectivity index (χ1) is 9.96. The third-order valence-electron chi connectivity index (χ3n) is 3.87. The van der Waals surface area contributed by atoms with Crippen molar-refractivity contribution in [2.45, 2.75) is 65.0 Å². The fourth-order valence-corrected chi connectivity index (χ4v) is 2.61. The molecule has 0 radical (unpaired) electrons. The lowest BCUT2D eigenvalue weighted by Crippen LogP contribution is -2.43. The van der Waals surface area contributed by atoms with E-state index in [1.807, 2.05) is 0 Å². The van der Waals surface area contributed by atoms with Gasteiger partial charge in [0.1, 0.15) is 5.54 Å². The van der Waals surface area contributed by atoms with Crippen molar-refractivity contribution in [1.29, 1.82) is 0 Å². The van der Waals surface area contributed by atoms with Crippen LogP contribution in [0.25, 0.3) is 0 Å². The molecule has 6 heteroatoms. The first-order valence-electron chi connectivity index (χ1n) is 7.52. The molecule has 0 aromatic carbocycles. The zero-order valence-corrected chi connectivity index (χ0v) is 12.9. The zero-order valence-electron chi connectivity index (χ0n) is 12.9. The molecule has 2 rings (SSSR count). The van der Waals surface area contributed by atoms with Crippen molar-refractivity contribution in [2.24, 2.45) is 0 Å². The highest BCUT2D eigenvalue weighted by atomic mass is 16.5. The Hall–Kier alpha value is -1.85. The van der Waals surface area contributed by atoms with Crippen LogP contribution < -0.4 is 5.32 Å². The van der Waals surface area contributed by atoms with E-state index in [4.69, 9.17) is 4.52 Å². The summed E-state index contributed by atoms with van der Waals surface area (Å²) in [5, 5.41) is 6.58. The lowest BCUT2D eigenvalue weighted by Gasteiger charge is -2.21. The maximum atomic E-state index is 12.5. The van der Waals surface area contributed by atoms with Crippen molar-refractivity contribution < 1.29 is 14.1 Å². The Morgan fingerprint density at radius 3 is 2.71 bits per heavy atom. The summed E-state index contributed by atoms with van der Waals surface area (Å²) in [6.45, 7) is 5.88. The number of aryl methyl sites for hydroxylation is 1. The van der Waals surface area contributed by atoms with Gasteiger partial charge in [0, 0.05) is 6.07 Å². The number of carbonyl (C=O) groups excluding carboxylic acids is 2. The number of imide groups is 1. The average molecular weight is 293 g/mol. The standard InChI is InChI=1S/C15H23N3O3/c1-4-5-6-7-8-15(3)13(19)18(14(20)16-15)10-12-9-11(2)17-21-12/h9H,4-8,10H2,1-3H3,(H,16,20). The van der Waals surface area contributed by atoms with Crippen molar-refractivity contribution in [3.63, 3.8) is 0 Å². The summed E-state index contributed by atoms with van der Waals surface area (Å²) >= 11 is 0. The summed E-state index contributed by atoms with van der Waals surface area (Å²) in [6, 6.07) is 1.38. The minimum absolute atomic E-state index is 0.135. The van der Waals surface area contributed by atoms with E-state index in [1.54, 1.807) is 19.9 Å². The van der Waals surface area contributed by atoms with Crippen LogP contribution in [0.3, 0.4) is 0 Å². The van der Waals surface area contributed by atoms with Crippen LogP contribution in [0.5, 0.6) is 0 Å². The van der Waals surface area contributed by atoms with Crippen LogP contribution in [0, 0.1) is 6.92 Å². The molecule has 1 aliphatic heterocycles. The molecule has 1 saturated heterocycles. The minimum Gasteiger partial charge on any atom is -0.359 e. The Morgan fingerprint density at radius 1 is 1.33 bits per heavy atom. The monoisotopic (exact) mass is 293 g/mol. The number of urea groups is 1. The van der Waals surface area contributed by atoms with E-state index >= 15 is 0 Å². The van der Waals surface area contributed by atoms with Gasteiger partial charge in [-0.1, -0.05) is 37.8 Å². The van der Waals surface area contributed by atoms with Crippen molar-refractivity contribution in [1.82, 2.24) is 15.4 Å². The van der Waals surface area contributed by atoms with Crippen LogP contribution in [0.4, 0.5) is 4.79 Å². The Kier molecular flexibility index (Phi) is 4.65. The molecule has 0 bridgehead atoms. The predicted octanol–water partition coefficient (Wildman–Crippen LogP) is 2.76. The van der Waals surface area contributed by atoms with Crippen molar-refractivity contribution >= 4 is 11.9 Å². The molecule has 1 fully saturated rings. The Bertz CT molecular complexity index is 526. The average Bonchev–Trinajstić information content (AvgIpc) is 2.93. The first-order valence-corrected chi connectivity index (χ1v) is 7.52. The number of carbonyl (C=O) groups is 2. The van der Waals surface area contributed by atoms with Gasteiger partial charge in [-0.25, -0.2) is 4.79 Å². The highest BCUT2D eigenvalue weighted by molar-refractivity contribution is 6.06. The molecule has 6 nitrogen and oxygen atoms in total. The van der Waals surface area contributed by atoms with E-state index in [9.17, 15) is 9.59 Å². The predicted molar refractivity (Wildman–Crippen MR) is 77.5 cm³/mol. The van der Waals surface area contributed by atoms with Crippen molar-refractivity contribution in [3.8, 4) is 0 Å². The van der Waals surface area contributed by atoms with E-state index < -0.39 is 5.54 Å². The van der Waals surface area contributed by atoms with Crippen molar-refractivity contribution in [2.75, 3.05) is 0 Å². The Morgan fingerprint density at radius 2 is 2.10 bits per heavy atom. The lowest BCUT2D eigenvalue weighted by atomic mass is 9.94. The molecule has 0 aliphatic carbocycles. The first kappa shape index (κ1) is 15.5. The molecule has 0 spiro atoms. The Balaban J connectivity index is 1.98. The molecule has 1 N–H and O–H groups in total. The Labute approximate surface area is 124 Å². The number of hydrogen-bond donors (Lipinski definition) is 1. The maximum absolute atomic E-state index is 12.5. The number of unbranched alkanes of at least 4 members (excludes halogenated alkanes) is 3. The second-order valence-electron chi connectivity index (χ2n) is 5.90. The van der Waals surface area contributed by atoms with Crippen LogP contribution in [0.1, 0.15) is 57.4 Å². The maximum Gasteiger partial charge on any atom is 0.325 e. The lowest BCUT2D eigenvalue weighted by molar-refractivity contribution is -0.131. The van der Waals surface area contributed by atoms with Gasteiger partial charge in [-0.2, -0.15) is 0 Å². The summed E-state index contributed by atoms with van der Waals surface area (Å²) in [7, 11) is 0. The van der Waals surface area contributed by atoms with Gasteiger partial charge in [-0.15, -0.1) is 0 Å². The molecular weight excluding hydrogens is 270 g/mol. The smallest absolute Gasteiger partial charge is 0.325 e. The molecular formula is C15H23N3O3. The summed E-state index contributed by atoms with van der Waals surface area (Å²) in [4.78, 5) is 25.7. The van der Waals surface area contributed by atoms with Crippen LogP contribution in [0.15, 0.2) is 10.6 Å². The normalized spacial score (nSPS) is 22.0.